The van der Waals surface area contributed by atoms with Crippen LogP contribution >= 0.6 is 0 Å². The lowest BCUT2D eigenvalue weighted by Gasteiger charge is -2.26. The van der Waals surface area contributed by atoms with E-state index in [0.29, 0.717) is 41.9 Å². The molecule has 2 aromatic rings. The maximum atomic E-state index is 11.7. The van der Waals surface area contributed by atoms with E-state index in [4.69, 9.17) is 31.4 Å². The summed E-state index contributed by atoms with van der Waals surface area (Å²) in [5, 5.41) is 0. The molecule has 2 heterocycles. The van der Waals surface area contributed by atoms with Crippen molar-refractivity contribution in [3.63, 3.8) is 0 Å². The highest BCUT2D eigenvalue weighted by atomic mass is 16.5. The molecule has 1 aliphatic rings. The minimum atomic E-state index is -0.825. The zero-order chi connectivity index (χ0) is 21.5. The normalized spacial score (nSPS) is 14.7. The number of amides is 2. The molecular formula is C19H28N6O5. The molecule has 11 heteroatoms. The molecule has 0 saturated carbocycles. The fraction of sp³-hybridized carbons (Fsp3) is 0.526. The number of nitrogens with zero attached hydrogens (tertiary/aromatic N) is 3. The van der Waals surface area contributed by atoms with E-state index in [0.717, 1.165) is 39.3 Å². The van der Waals surface area contributed by atoms with E-state index in [1.54, 1.807) is 16.7 Å². The van der Waals surface area contributed by atoms with Gasteiger partial charge in [-0.3, -0.25) is 9.69 Å². The molecule has 164 valence electrons. The molecule has 0 bridgehead atoms. The first-order chi connectivity index (χ1) is 14.5. The van der Waals surface area contributed by atoms with Crippen LogP contribution < -0.4 is 21.9 Å². The largest absolute Gasteiger partial charge is 0.491 e. The molecule has 11 nitrogen and oxygen atoms in total. The maximum Gasteiger partial charge on any atom is 0.404 e. The van der Waals surface area contributed by atoms with Gasteiger partial charge < -0.3 is 36.0 Å². The Bertz CT molecular complexity index is 893. The first-order valence-electron chi connectivity index (χ1n) is 9.90. The molecule has 30 heavy (non-hydrogen) atoms. The Labute approximate surface area is 174 Å². The van der Waals surface area contributed by atoms with E-state index in [-0.39, 0.29) is 12.6 Å². The van der Waals surface area contributed by atoms with Crippen molar-refractivity contribution in [1.29, 1.82) is 0 Å². The van der Waals surface area contributed by atoms with E-state index in [1.165, 1.54) is 0 Å². The standard InChI is InChI=1S/C19H28N6O5/c20-17(26)13-11-14-16(25(18(21)23-14)4-2-8-30-19(22)27)15(12-13)29-7-1-3-24-5-9-28-10-6-24/h11-12H,1-10H2,(H2,20,26)(H2,21,23)(H2,22,27). The number of nitrogens with two attached hydrogens (primary N) is 3. The second-order valence-corrected chi connectivity index (χ2v) is 7.01. The van der Waals surface area contributed by atoms with E-state index in [1.807, 2.05) is 0 Å². The third-order valence-electron chi connectivity index (χ3n) is 4.87. The number of primary amides is 2. The monoisotopic (exact) mass is 420 g/mol. The fourth-order valence-electron chi connectivity index (χ4n) is 3.42. The van der Waals surface area contributed by atoms with Gasteiger partial charge in [-0.25, -0.2) is 9.78 Å². The Kier molecular flexibility index (Phi) is 7.31. The van der Waals surface area contributed by atoms with Crippen molar-refractivity contribution in [3.05, 3.63) is 17.7 Å². The van der Waals surface area contributed by atoms with Crippen molar-refractivity contribution < 1.29 is 23.8 Å². The number of benzene rings is 1. The minimum absolute atomic E-state index is 0.156. The number of nitrogen functional groups attached to an aromatic ring is 1. The third-order valence-corrected chi connectivity index (χ3v) is 4.87. The number of aromatic nitrogens is 2. The van der Waals surface area contributed by atoms with Crippen LogP contribution in [0.2, 0.25) is 0 Å². The van der Waals surface area contributed by atoms with Gasteiger partial charge in [0.15, 0.2) is 0 Å². The van der Waals surface area contributed by atoms with Crippen molar-refractivity contribution in [2.24, 2.45) is 11.5 Å². The predicted octanol–water partition coefficient (Wildman–Crippen LogP) is 0.304. The smallest absolute Gasteiger partial charge is 0.404 e. The van der Waals surface area contributed by atoms with E-state index < -0.39 is 12.0 Å². The summed E-state index contributed by atoms with van der Waals surface area (Å²) < 4.78 is 17.9. The van der Waals surface area contributed by atoms with Crippen LogP contribution in [0.4, 0.5) is 10.7 Å². The summed E-state index contributed by atoms with van der Waals surface area (Å²) in [4.78, 5) is 29.1. The zero-order valence-electron chi connectivity index (χ0n) is 16.8. The molecule has 2 amide bonds. The molecule has 1 fully saturated rings. The number of aryl methyl sites for hydroxylation is 1. The summed E-state index contributed by atoms with van der Waals surface area (Å²) in [5.41, 5.74) is 18.0. The highest BCUT2D eigenvalue weighted by Gasteiger charge is 2.17. The van der Waals surface area contributed by atoms with Crippen LogP contribution in [0.5, 0.6) is 5.75 Å². The average molecular weight is 420 g/mol. The first kappa shape index (κ1) is 21.7. The number of morpholine rings is 1. The highest BCUT2D eigenvalue weighted by Crippen LogP contribution is 2.30. The molecule has 0 spiro atoms. The number of hydrogen-bond donors (Lipinski definition) is 3. The summed E-state index contributed by atoms with van der Waals surface area (Å²) >= 11 is 0. The van der Waals surface area contributed by atoms with Crippen molar-refractivity contribution in [3.8, 4) is 5.75 Å². The van der Waals surface area contributed by atoms with E-state index in [9.17, 15) is 9.59 Å². The first-order valence-corrected chi connectivity index (χ1v) is 9.90. The molecule has 3 rings (SSSR count). The quantitative estimate of drug-likeness (QED) is 0.463. The number of carbonyl (C=O) groups is 2. The van der Waals surface area contributed by atoms with Crippen molar-refractivity contribution in [1.82, 2.24) is 14.5 Å². The van der Waals surface area contributed by atoms with Crippen LogP contribution in [-0.2, 0) is 16.0 Å². The molecule has 6 N–H and O–H groups in total. The molecule has 0 aliphatic carbocycles. The number of hydrogen-bond acceptors (Lipinski definition) is 8. The van der Waals surface area contributed by atoms with Gasteiger partial charge in [-0.2, -0.15) is 0 Å². The molecule has 1 aliphatic heterocycles. The number of fused-ring (bicyclic) bond motifs is 1. The number of rotatable bonds is 10. The molecule has 1 aromatic carbocycles. The van der Waals surface area contributed by atoms with Crippen LogP contribution in [0.3, 0.4) is 0 Å². The SMILES string of the molecule is NC(=O)OCCCn1c(N)nc2cc(C(N)=O)cc(OCCCN3CCOCC3)c21. The van der Waals surface area contributed by atoms with Gasteiger partial charge in [0.05, 0.1) is 31.9 Å². The van der Waals surface area contributed by atoms with Gasteiger partial charge in [0.2, 0.25) is 11.9 Å². The lowest BCUT2D eigenvalue weighted by atomic mass is 10.1. The lowest BCUT2D eigenvalue weighted by Crippen LogP contribution is -2.37. The minimum Gasteiger partial charge on any atom is -0.491 e. The summed E-state index contributed by atoms with van der Waals surface area (Å²) in [5.74, 6) is 0.185. The van der Waals surface area contributed by atoms with Crippen molar-refractivity contribution in [2.75, 3.05) is 51.8 Å². The number of anilines is 1. The maximum absolute atomic E-state index is 11.7. The summed E-state index contributed by atoms with van der Waals surface area (Å²) in [7, 11) is 0. The molecule has 1 aromatic heterocycles. The molecule has 0 radical (unpaired) electrons. The average Bonchev–Trinajstić information content (AvgIpc) is 3.04. The van der Waals surface area contributed by atoms with Gasteiger partial charge in [-0.05, 0) is 25.0 Å². The van der Waals surface area contributed by atoms with Gasteiger partial charge in [-0.15, -0.1) is 0 Å². The lowest BCUT2D eigenvalue weighted by molar-refractivity contribution is 0.0358. The Morgan fingerprint density at radius 3 is 2.53 bits per heavy atom. The topological polar surface area (TPSA) is 161 Å². The van der Waals surface area contributed by atoms with Crippen LogP contribution in [0.25, 0.3) is 11.0 Å². The van der Waals surface area contributed by atoms with Crippen LogP contribution in [0, 0.1) is 0 Å². The van der Waals surface area contributed by atoms with Crippen molar-refractivity contribution in [2.45, 2.75) is 19.4 Å². The highest BCUT2D eigenvalue weighted by molar-refractivity contribution is 5.98. The zero-order valence-corrected chi connectivity index (χ0v) is 16.8. The van der Waals surface area contributed by atoms with Gasteiger partial charge >= 0.3 is 6.09 Å². The molecule has 0 unspecified atom stereocenters. The van der Waals surface area contributed by atoms with E-state index in [2.05, 4.69) is 9.88 Å². The Balaban J connectivity index is 1.73. The third kappa shape index (κ3) is 5.51. The second kappa shape index (κ2) is 10.1. The van der Waals surface area contributed by atoms with Crippen LogP contribution in [0.15, 0.2) is 12.1 Å². The van der Waals surface area contributed by atoms with Gasteiger partial charge in [0.1, 0.15) is 11.3 Å². The Hall–Kier alpha value is -3.05. The summed E-state index contributed by atoms with van der Waals surface area (Å²) in [6, 6.07) is 3.20. The summed E-state index contributed by atoms with van der Waals surface area (Å²) in [6.07, 6.45) is 0.485. The number of ether oxygens (including phenoxy) is 3. The summed E-state index contributed by atoms with van der Waals surface area (Å²) in [6.45, 7) is 5.29. The van der Waals surface area contributed by atoms with Crippen LogP contribution in [0.1, 0.15) is 23.2 Å². The molecule has 1 saturated heterocycles. The van der Waals surface area contributed by atoms with Gasteiger partial charge in [0, 0.05) is 31.7 Å². The Morgan fingerprint density at radius 2 is 1.83 bits per heavy atom. The van der Waals surface area contributed by atoms with Crippen LogP contribution in [-0.4, -0.2) is 72.5 Å². The number of imidazole rings is 1. The van der Waals surface area contributed by atoms with Gasteiger partial charge in [-0.1, -0.05) is 0 Å². The van der Waals surface area contributed by atoms with Gasteiger partial charge in [0.25, 0.3) is 0 Å². The molecule has 0 atom stereocenters. The predicted molar refractivity (Wildman–Crippen MR) is 110 cm³/mol. The second-order valence-electron chi connectivity index (χ2n) is 7.01. The molecular weight excluding hydrogens is 392 g/mol. The Morgan fingerprint density at radius 1 is 1.10 bits per heavy atom. The fourth-order valence-corrected chi connectivity index (χ4v) is 3.42. The van der Waals surface area contributed by atoms with E-state index >= 15 is 0 Å². The number of carbonyl (C=O) groups excluding carboxylic acids is 2. The van der Waals surface area contributed by atoms with Crippen molar-refractivity contribution >= 4 is 29.0 Å².